The van der Waals surface area contributed by atoms with Gasteiger partial charge in [-0.05, 0) is 24.3 Å². The SMILES string of the molecule is O=C(O)c1csc(-c2nc3ccc(OC/C=C/Cl)cc3s2)n1. The molecule has 112 valence electrons. The number of fused-ring (bicyclic) bond motifs is 1. The van der Waals surface area contributed by atoms with Crippen LogP contribution in [0.4, 0.5) is 0 Å². The summed E-state index contributed by atoms with van der Waals surface area (Å²) in [6.45, 7) is 0.398. The normalized spacial score (nSPS) is 11.3. The lowest BCUT2D eigenvalue weighted by molar-refractivity contribution is 0.0691. The van der Waals surface area contributed by atoms with Gasteiger partial charge < -0.3 is 9.84 Å². The van der Waals surface area contributed by atoms with Gasteiger partial charge in [-0.1, -0.05) is 11.6 Å². The summed E-state index contributed by atoms with van der Waals surface area (Å²) >= 11 is 8.16. The fourth-order valence-corrected chi connectivity index (χ4v) is 3.63. The molecule has 3 rings (SSSR count). The highest BCUT2D eigenvalue weighted by molar-refractivity contribution is 7.25. The van der Waals surface area contributed by atoms with E-state index in [4.69, 9.17) is 21.4 Å². The van der Waals surface area contributed by atoms with Gasteiger partial charge in [0.1, 0.15) is 12.4 Å². The molecular weight excluding hydrogens is 344 g/mol. The number of carbonyl (C=O) groups is 1. The third-order valence-electron chi connectivity index (χ3n) is 2.70. The standard InChI is InChI=1S/C14H9ClN2O3S2/c15-4-1-5-20-8-2-3-9-11(6-8)22-13(16-9)12-17-10(7-21-12)14(18)19/h1-4,6-7H,5H2,(H,18,19)/b4-1+. The number of ether oxygens (including phenoxy) is 1. The molecule has 5 nitrogen and oxygen atoms in total. The summed E-state index contributed by atoms with van der Waals surface area (Å²) in [5, 5.41) is 11.7. The van der Waals surface area contributed by atoms with E-state index in [1.807, 2.05) is 18.2 Å². The Bertz CT molecular complexity index is 857. The number of thiazole rings is 2. The maximum Gasteiger partial charge on any atom is 0.355 e. The van der Waals surface area contributed by atoms with Crippen LogP contribution in [-0.4, -0.2) is 27.7 Å². The van der Waals surface area contributed by atoms with Crippen molar-refractivity contribution in [3.63, 3.8) is 0 Å². The minimum absolute atomic E-state index is 0.0381. The van der Waals surface area contributed by atoms with Gasteiger partial charge in [0.05, 0.1) is 10.2 Å². The smallest absolute Gasteiger partial charge is 0.355 e. The zero-order chi connectivity index (χ0) is 15.5. The van der Waals surface area contributed by atoms with Gasteiger partial charge in [-0.25, -0.2) is 14.8 Å². The van der Waals surface area contributed by atoms with E-state index in [0.29, 0.717) is 16.6 Å². The number of carboxylic acid groups (broad SMARTS) is 1. The molecule has 0 amide bonds. The molecule has 0 radical (unpaired) electrons. The molecule has 0 aliphatic heterocycles. The van der Waals surface area contributed by atoms with E-state index < -0.39 is 5.97 Å². The molecule has 0 saturated heterocycles. The number of aromatic carboxylic acids is 1. The van der Waals surface area contributed by atoms with Gasteiger partial charge >= 0.3 is 5.97 Å². The number of aromatic nitrogens is 2. The Kier molecular flexibility index (Phi) is 4.37. The van der Waals surface area contributed by atoms with Crippen molar-refractivity contribution in [2.45, 2.75) is 0 Å². The van der Waals surface area contributed by atoms with Crippen LogP contribution in [0.15, 0.2) is 35.2 Å². The minimum Gasteiger partial charge on any atom is -0.489 e. The number of carboxylic acids is 1. The number of hydrogen-bond acceptors (Lipinski definition) is 6. The van der Waals surface area contributed by atoms with E-state index in [1.165, 1.54) is 33.6 Å². The first-order chi connectivity index (χ1) is 10.7. The molecule has 0 spiro atoms. The second kappa shape index (κ2) is 6.43. The molecule has 0 atom stereocenters. The highest BCUT2D eigenvalue weighted by atomic mass is 35.5. The van der Waals surface area contributed by atoms with Crippen LogP contribution >= 0.6 is 34.3 Å². The Morgan fingerprint density at radius 1 is 1.36 bits per heavy atom. The summed E-state index contributed by atoms with van der Waals surface area (Å²) in [6, 6.07) is 5.59. The van der Waals surface area contributed by atoms with Crippen molar-refractivity contribution in [1.29, 1.82) is 0 Å². The molecule has 2 aromatic heterocycles. The summed E-state index contributed by atoms with van der Waals surface area (Å²) in [7, 11) is 0. The van der Waals surface area contributed by atoms with Gasteiger partial charge in [-0.3, -0.25) is 0 Å². The monoisotopic (exact) mass is 352 g/mol. The number of nitrogens with zero attached hydrogens (tertiary/aromatic N) is 2. The van der Waals surface area contributed by atoms with Crippen LogP contribution in [0.3, 0.4) is 0 Å². The predicted molar refractivity (Wildman–Crippen MR) is 88.2 cm³/mol. The number of rotatable bonds is 5. The Balaban J connectivity index is 1.90. The molecule has 1 N–H and O–H groups in total. The third-order valence-corrected chi connectivity index (χ3v) is 4.88. The first kappa shape index (κ1) is 15.0. The maximum absolute atomic E-state index is 10.9. The summed E-state index contributed by atoms with van der Waals surface area (Å²) < 4.78 is 6.48. The van der Waals surface area contributed by atoms with Gasteiger partial charge in [0, 0.05) is 10.9 Å². The quantitative estimate of drug-likeness (QED) is 0.743. The van der Waals surface area contributed by atoms with Crippen molar-refractivity contribution in [3.8, 4) is 15.8 Å². The van der Waals surface area contributed by atoms with E-state index in [2.05, 4.69) is 9.97 Å². The minimum atomic E-state index is -1.04. The molecule has 8 heteroatoms. The molecule has 2 heterocycles. The van der Waals surface area contributed by atoms with E-state index in [9.17, 15) is 4.79 Å². The molecule has 22 heavy (non-hydrogen) atoms. The third kappa shape index (κ3) is 3.11. The van der Waals surface area contributed by atoms with E-state index >= 15 is 0 Å². The van der Waals surface area contributed by atoms with Crippen molar-refractivity contribution >= 4 is 50.5 Å². The molecular formula is C14H9ClN2O3S2. The zero-order valence-corrected chi connectivity index (χ0v) is 13.4. The highest BCUT2D eigenvalue weighted by Crippen LogP contribution is 2.33. The maximum atomic E-state index is 10.9. The Hall–Kier alpha value is -1.96. The Labute approximate surface area is 138 Å². The fourth-order valence-electron chi connectivity index (χ4n) is 1.74. The van der Waals surface area contributed by atoms with Gasteiger partial charge in [0.2, 0.25) is 0 Å². The first-order valence-corrected chi connectivity index (χ1v) is 8.28. The average molecular weight is 353 g/mol. The van der Waals surface area contributed by atoms with Gasteiger partial charge in [-0.15, -0.1) is 22.7 Å². The van der Waals surface area contributed by atoms with Crippen molar-refractivity contribution < 1.29 is 14.6 Å². The largest absolute Gasteiger partial charge is 0.489 e. The number of hydrogen-bond donors (Lipinski definition) is 1. The van der Waals surface area contributed by atoms with Crippen LogP contribution in [0.5, 0.6) is 5.75 Å². The molecule has 0 fully saturated rings. The van der Waals surface area contributed by atoms with Crippen LogP contribution in [-0.2, 0) is 0 Å². The molecule has 0 aliphatic carbocycles. The number of halogens is 1. The van der Waals surface area contributed by atoms with Crippen LogP contribution in [0, 0.1) is 0 Å². The lowest BCUT2D eigenvalue weighted by Gasteiger charge is -2.01. The summed E-state index contributed by atoms with van der Waals surface area (Å²) in [4.78, 5) is 19.4. The molecule has 0 saturated carbocycles. The second-order valence-corrected chi connectivity index (χ2v) is 6.31. The Morgan fingerprint density at radius 3 is 2.95 bits per heavy atom. The van der Waals surface area contributed by atoms with E-state index in [0.717, 1.165) is 16.0 Å². The molecule has 0 aliphatic rings. The second-order valence-electron chi connectivity index (χ2n) is 4.16. The zero-order valence-electron chi connectivity index (χ0n) is 11.0. The lowest BCUT2D eigenvalue weighted by Crippen LogP contribution is -1.95. The van der Waals surface area contributed by atoms with Crippen molar-refractivity contribution in [3.05, 3.63) is 40.9 Å². The molecule has 1 aromatic carbocycles. The van der Waals surface area contributed by atoms with Crippen molar-refractivity contribution in [1.82, 2.24) is 9.97 Å². The molecule has 3 aromatic rings. The molecule has 0 unspecified atom stereocenters. The van der Waals surface area contributed by atoms with Crippen molar-refractivity contribution in [2.75, 3.05) is 6.61 Å². The van der Waals surface area contributed by atoms with Crippen LogP contribution in [0.1, 0.15) is 10.5 Å². The van der Waals surface area contributed by atoms with E-state index in [1.54, 1.807) is 6.08 Å². The van der Waals surface area contributed by atoms with Crippen LogP contribution in [0.2, 0.25) is 0 Å². The summed E-state index contributed by atoms with van der Waals surface area (Å²) in [5.74, 6) is -0.311. The summed E-state index contributed by atoms with van der Waals surface area (Å²) in [6.07, 6.45) is 1.70. The Morgan fingerprint density at radius 2 is 2.23 bits per heavy atom. The van der Waals surface area contributed by atoms with Crippen LogP contribution in [0.25, 0.3) is 20.2 Å². The molecule has 0 bridgehead atoms. The topological polar surface area (TPSA) is 72.3 Å². The predicted octanol–water partition coefficient (Wildman–Crippen LogP) is 4.25. The van der Waals surface area contributed by atoms with Gasteiger partial charge in [-0.2, -0.15) is 0 Å². The van der Waals surface area contributed by atoms with E-state index in [-0.39, 0.29) is 5.69 Å². The van der Waals surface area contributed by atoms with Gasteiger partial charge in [0.15, 0.2) is 15.7 Å². The number of benzene rings is 1. The van der Waals surface area contributed by atoms with Crippen LogP contribution < -0.4 is 4.74 Å². The van der Waals surface area contributed by atoms with Gasteiger partial charge in [0.25, 0.3) is 0 Å². The first-order valence-electron chi connectivity index (χ1n) is 6.15. The average Bonchev–Trinajstić information content (AvgIpc) is 3.13. The fraction of sp³-hybridized carbons (Fsp3) is 0.0714. The summed E-state index contributed by atoms with van der Waals surface area (Å²) in [5.41, 5.74) is 2.27. The highest BCUT2D eigenvalue weighted by Gasteiger charge is 2.14. The lowest BCUT2D eigenvalue weighted by atomic mass is 10.3. The van der Waals surface area contributed by atoms with Crippen molar-refractivity contribution in [2.24, 2.45) is 0 Å².